The van der Waals surface area contributed by atoms with E-state index in [1.807, 2.05) is 38.1 Å². The molecular formula is C19H27N3O4S. The zero-order valence-electron chi connectivity index (χ0n) is 15.9. The van der Waals surface area contributed by atoms with Gasteiger partial charge < -0.3 is 10.2 Å². The minimum atomic E-state index is -3.28. The standard InChI is InChI=1S/C19H27N3O4S/c1-3-11-27(24,25)22-10-4-9-19(14-22)12-17(21-26-19)18(23)20-13-16-7-5-15(2)6-8-16/h5-8H,3-4,9-14H2,1-2H3,(H,20,23). The fourth-order valence-electron chi connectivity index (χ4n) is 3.53. The molecule has 1 atom stereocenters. The molecule has 148 valence electrons. The van der Waals surface area contributed by atoms with Crippen LogP contribution in [0.2, 0.25) is 0 Å². The number of aryl methyl sites for hydroxylation is 1. The summed E-state index contributed by atoms with van der Waals surface area (Å²) in [5.41, 5.74) is 1.80. The van der Waals surface area contributed by atoms with Gasteiger partial charge in [-0.1, -0.05) is 41.9 Å². The monoisotopic (exact) mass is 393 g/mol. The second-order valence-electron chi connectivity index (χ2n) is 7.41. The van der Waals surface area contributed by atoms with E-state index in [1.54, 1.807) is 0 Å². The fraction of sp³-hybridized carbons (Fsp3) is 0.579. The number of carbonyl (C=O) groups excluding carboxylic acids is 1. The highest BCUT2D eigenvalue weighted by atomic mass is 32.2. The third-order valence-corrected chi connectivity index (χ3v) is 7.06. The van der Waals surface area contributed by atoms with Crippen molar-refractivity contribution in [2.24, 2.45) is 5.16 Å². The molecule has 0 bridgehead atoms. The molecule has 0 saturated carbocycles. The summed E-state index contributed by atoms with van der Waals surface area (Å²) in [4.78, 5) is 18.0. The predicted molar refractivity (Wildman–Crippen MR) is 104 cm³/mol. The van der Waals surface area contributed by atoms with Crippen LogP contribution in [0.25, 0.3) is 0 Å². The van der Waals surface area contributed by atoms with Gasteiger partial charge in [0, 0.05) is 19.5 Å². The number of piperidine rings is 1. The van der Waals surface area contributed by atoms with Crippen LogP contribution in [0.3, 0.4) is 0 Å². The number of benzene rings is 1. The van der Waals surface area contributed by atoms with Crippen LogP contribution in [0.1, 0.15) is 43.7 Å². The highest BCUT2D eigenvalue weighted by Gasteiger charge is 2.46. The van der Waals surface area contributed by atoms with Crippen molar-refractivity contribution in [2.45, 2.75) is 51.7 Å². The van der Waals surface area contributed by atoms with Gasteiger partial charge in [-0.3, -0.25) is 4.79 Å². The molecule has 3 rings (SSSR count). The van der Waals surface area contributed by atoms with Crippen LogP contribution in [0.5, 0.6) is 0 Å². The van der Waals surface area contributed by atoms with Gasteiger partial charge in [-0.15, -0.1) is 0 Å². The molecule has 2 aliphatic heterocycles. The van der Waals surface area contributed by atoms with Crippen molar-refractivity contribution >= 4 is 21.6 Å². The molecule has 0 aromatic heterocycles. The molecule has 1 fully saturated rings. The molecule has 27 heavy (non-hydrogen) atoms. The number of hydrogen-bond donors (Lipinski definition) is 1. The van der Waals surface area contributed by atoms with Crippen LogP contribution in [0.4, 0.5) is 0 Å². The molecule has 1 spiro atoms. The predicted octanol–water partition coefficient (Wildman–Crippen LogP) is 1.96. The van der Waals surface area contributed by atoms with Crippen molar-refractivity contribution in [2.75, 3.05) is 18.8 Å². The lowest BCUT2D eigenvalue weighted by Crippen LogP contribution is -2.51. The highest BCUT2D eigenvalue weighted by molar-refractivity contribution is 7.89. The normalized spacial score (nSPS) is 23.1. The topological polar surface area (TPSA) is 88.1 Å². The summed E-state index contributed by atoms with van der Waals surface area (Å²) in [6.07, 6.45) is 2.32. The Kier molecular flexibility index (Phi) is 5.86. The number of nitrogens with zero attached hydrogens (tertiary/aromatic N) is 2. The van der Waals surface area contributed by atoms with Crippen molar-refractivity contribution in [1.82, 2.24) is 9.62 Å². The zero-order chi connectivity index (χ0) is 19.5. The van der Waals surface area contributed by atoms with Crippen LogP contribution in [-0.4, -0.2) is 48.8 Å². The Morgan fingerprint density at radius 3 is 2.78 bits per heavy atom. The van der Waals surface area contributed by atoms with E-state index in [0.29, 0.717) is 44.5 Å². The third-order valence-electron chi connectivity index (χ3n) is 5.03. The molecular weight excluding hydrogens is 366 g/mol. The van der Waals surface area contributed by atoms with Gasteiger partial charge in [-0.05, 0) is 31.7 Å². The fourth-order valence-corrected chi connectivity index (χ4v) is 5.15. The molecule has 0 aliphatic carbocycles. The summed E-state index contributed by atoms with van der Waals surface area (Å²) in [5, 5.41) is 6.85. The zero-order valence-corrected chi connectivity index (χ0v) is 16.7. The molecule has 1 aromatic carbocycles. The van der Waals surface area contributed by atoms with Crippen LogP contribution in [0.15, 0.2) is 29.4 Å². The van der Waals surface area contributed by atoms with Gasteiger partial charge in [0.1, 0.15) is 5.71 Å². The second-order valence-corrected chi connectivity index (χ2v) is 9.50. The minimum absolute atomic E-state index is 0.133. The lowest BCUT2D eigenvalue weighted by Gasteiger charge is -2.37. The van der Waals surface area contributed by atoms with Crippen molar-refractivity contribution < 1.29 is 18.0 Å². The van der Waals surface area contributed by atoms with Gasteiger partial charge in [-0.25, -0.2) is 8.42 Å². The van der Waals surface area contributed by atoms with E-state index in [1.165, 1.54) is 9.87 Å². The first-order chi connectivity index (χ1) is 12.8. The molecule has 0 radical (unpaired) electrons. The van der Waals surface area contributed by atoms with Gasteiger partial charge >= 0.3 is 0 Å². The van der Waals surface area contributed by atoms with Crippen LogP contribution in [0, 0.1) is 6.92 Å². The lowest BCUT2D eigenvalue weighted by atomic mass is 9.89. The number of sulfonamides is 1. The van der Waals surface area contributed by atoms with Crippen LogP contribution in [-0.2, 0) is 26.2 Å². The SMILES string of the molecule is CCCS(=O)(=O)N1CCCC2(CC(C(=O)NCc3ccc(C)cc3)=NO2)C1. The summed E-state index contributed by atoms with van der Waals surface area (Å²) in [6, 6.07) is 7.95. The number of hydrogen-bond acceptors (Lipinski definition) is 5. The first-order valence-electron chi connectivity index (χ1n) is 9.40. The number of carbonyl (C=O) groups is 1. The maximum Gasteiger partial charge on any atom is 0.269 e. The van der Waals surface area contributed by atoms with Gasteiger partial charge in [0.05, 0.1) is 12.3 Å². The first-order valence-corrected chi connectivity index (χ1v) is 11.0. The Morgan fingerprint density at radius 1 is 1.33 bits per heavy atom. The average molecular weight is 394 g/mol. The largest absolute Gasteiger partial charge is 0.387 e. The molecule has 2 heterocycles. The molecule has 7 nitrogen and oxygen atoms in total. The van der Waals surface area contributed by atoms with E-state index in [4.69, 9.17) is 4.84 Å². The third kappa shape index (κ3) is 4.68. The summed E-state index contributed by atoms with van der Waals surface area (Å²) in [6.45, 7) is 5.04. The summed E-state index contributed by atoms with van der Waals surface area (Å²) in [7, 11) is -3.28. The van der Waals surface area contributed by atoms with E-state index in [2.05, 4.69) is 10.5 Å². The highest BCUT2D eigenvalue weighted by Crippen LogP contribution is 2.34. The van der Waals surface area contributed by atoms with E-state index in [-0.39, 0.29) is 18.2 Å². The summed E-state index contributed by atoms with van der Waals surface area (Å²) in [5.74, 6) is -0.130. The minimum Gasteiger partial charge on any atom is -0.387 e. The smallest absolute Gasteiger partial charge is 0.269 e. The summed E-state index contributed by atoms with van der Waals surface area (Å²) >= 11 is 0. The molecule has 2 aliphatic rings. The van der Waals surface area contributed by atoms with Gasteiger partial charge in [-0.2, -0.15) is 4.31 Å². The molecule has 1 unspecified atom stereocenters. The Morgan fingerprint density at radius 2 is 2.07 bits per heavy atom. The first kappa shape index (κ1) is 19.8. The van der Waals surface area contributed by atoms with Crippen molar-refractivity contribution in [1.29, 1.82) is 0 Å². The number of oxime groups is 1. The molecule has 8 heteroatoms. The Bertz CT molecular complexity index is 820. The number of amides is 1. The van der Waals surface area contributed by atoms with Crippen molar-refractivity contribution in [3.8, 4) is 0 Å². The van der Waals surface area contributed by atoms with Gasteiger partial charge in [0.2, 0.25) is 10.0 Å². The molecule has 1 amide bonds. The van der Waals surface area contributed by atoms with E-state index in [0.717, 1.165) is 5.56 Å². The molecule has 1 saturated heterocycles. The quantitative estimate of drug-likeness (QED) is 0.800. The van der Waals surface area contributed by atoms with E-state index >= 15 is 0 Å². The Hall–Kier alpha value is -1.93. The number of nitrogens with one attached hydrogen (secondary N) is 1. The van der Waals surface area contributed by atoms with Gasteiger partial charge in [0.15, 0.2) is 5.60 Å². The summed E-state index contributed by atoms with van der Waals surface area (Å²) < 4.78 is 26.2. The van der Waals surface area contributed by atoms with Crippen LogP contribution >= 0.6 is 0 Å². The maximum absolute atomic E-state index is 12.4. The number of rotatable bonds is 6. The van der Waals surface area contributed by atoms with E-state index in [9.17, 15) is 13.2 Å². The average Bonchev–Trinajstić information content (AvgIpc) is 3.04. The molecule has 1 N–H and O–H groups in total. The van der Waals surface area contributed by atoms with Gasteiger partial charge in [0.25, 0.3) is 5.91 Å². The second kappa shape index (κ2) is 7.98. The Labute approximate surface area is 160 Å². The van der Waals surface area contributed by atoms with Crippen LogP contribution < -0.4 is 5.32 Å². The lowest BCUT2D eigenvalue weighted by molar-refractivity contribution is -0.115. The van der Waals surface area contributed by atoms with Crippen molar-refractivity contribution in [3.05, 3.63) is 35.4 Å². The molecule has 1 aromatic rings. The Balaban J connectivity index is 1.58. The van der Waals surface area contributed by atoms with E-state index < -0.39 is 15.6 Å². The maximum atomic E-state index is 12.4. The van der Waals surface area contributed by atoms with Crippen molar-refractivity contribution in [3.63, 3.8) is 0 Å².